The van der Waals surface area contributed by atoms with Gasteiger partial charge in [0.1, 0.15) is 10.8 Å². The van der Waals surface area contributed by atoms with Crippen molar-refractivity contribution in [1.82, 2.24) is 19.6 Å². The van der Waals surface area contributed by atoms with Crippen molar-refractivity contribution in [3.63, 3.8) is 0 Å². The van der Waals surface area contributed by atoms with E-state index in [4.69, 9.17) is 11.6 Å². The zero-order valence-corrected chi connectivity index (χ0v) is 18.8. The molecular weight excluding hydrogens is 442 g/mol. The van der Waals surface area contributed by atoms with Crippen LogP contribution in [0, 0.1) is 0 Å². The predicted molar refractivity (Wildman–Crippen MR) is 123 cm³/mol. The van der Waals surface area contributed by atoms with Crippen LogP contribution in [0.4, 0.5) is 27.9 Å². The van der Waals surface area contributed by atoms with Crippen LogP contribution in [0.5, 0.6) is 0 Å². The topological polar surface area (TPSA) is 128 Å². The lowest BCUT2D eigenvalue weighted by Gasteiger charge is -2.16. The standard InChI is InChI=1S/C19H26ClN7O3S/c1-31(29,30)23-9-5-8-21-17-16(20)13-22-18(26-17)24-14-6-4-7-15(12-14)25-19(28)27-10-2-3-11-27/h4,6-7,12-13,23H,2-3,5,8-11H2,1H3,(H,25,28)(H2,21,22,24,26). The molecule has 12 heteroatoms. The number of rotatable bonds is 9. The molecule has 10 nitrogen and oxygen atoms in total. The van der Waals surface area contributed by atoms with Gasteiger partial charge in [-0.05, 0) is 37.5 Å². The van der Waals surface area contributed by atoms with Gasteiger partial charge < -0.3 is 20.9 Å². The number of urea groups is 1. The van der Waals surface area contributed by atoms with E-state index in [0.29, 0.717) is 47.7 Å². The van der Waals surface area contributed by atoms with E-state index in [1.807, 2.05) is 18.2 Å². The Bertz CT molecular complexity index is 1010. The largest absolute Gasteiger partial charge is 0.369 e. The van der Waals surface area contributed by atoms with Crippen molar-refractivity contribution in [2.24, 2.45) is 0 Å². The number of halogens is 1. The first-order valence-corrected chi connectivity index (χ1v) is 12.2. The number of carbonyl (C=O) groups excluding carboxylic acids is 1. The van der Waals surface area contributed by atoms with Gasteiger partial charge in [0.2, 0.25) is 16.0 Å². The van der Waals surface area contributed by atoms with Crippen LogP contribution in [0.3, 0.4) is 0 Å². The Labute approximate surface area is 186 Å². The number of likely N-dealkylation sites (tertiary alicyclic amines) is 1. The summed E-state index contributed by atoms with van der Waals surface area (Å²) in [5.74, 6) is 0.779. The second-order valence-corrected chi connectivity index (χ2v) is 9.41. The number of nitrogens with one attached hydrogen (secondary N) is 4. The first-order chi connectivity index (χ1) is 14.8. The van der Waals surface area contributed by atoms with Crippen molar-refractivity contribution in [3.8, 4) is 0 Å². The Hall–Kier alpha value is -2.63. The second-order valence-electron chi connectivity index (χ2n) is 7.17. The Morgan fingerprint density at radius 2 is 1.94 bits per heavy atom. The molecule has 1 aliphatic rings. The molecule has 0 saturated carbocycles. The molecule has 0 atom stereocenters. The van der Waals surface area contributed by atoms with Gasteiger partial charge in [-0.3, -0.25) is 0 Å². The quantitative estimate of drug-likeness (QED) is 0.417. The summed E-state index contributed by atoms with van der Waals surface area (Å²) < 4.78 is 24.6. The minimum absolute atomic E-state index is 0.103. The van der Waals surface area contributed by atoms with Crippen LogP contribution >= 0.6 is 11.6 Å². The third-order valence-electron chi connectivity index (χ3n) is 4.52. The van der Waals surface area contributed by atoms with Gasteiger partial charge in [-0.2, -0.15) is 4.98 Å². The van der Waals surface area contributed by atoms with Crippen LogP contribution in [0.2, 0.25) is 5.02 Å². The zero-order valence-electron chi connectivity index (χ0n) is 17.2. The maximum Gasteiger partial charge on any atom is 0.321 e. The van der Waals surface area contributed by atoms with Crippen molar-refractivity contribution < 1.29 is 13.2 Å². The van der Waals surface area contributed by atoms with E-state index >= 15 is 0 Å². The average molecular weight is 468 g/mol. The molecule has 0 radical (unpaired) electrons. The fraction of sp³-hybridized carbons (Fsp3) is 0.421. The normalized spacial score (nSPS) is 13.8. The first-order valence-electron chi connectivity index (χ1n) is 9.94. The molecule has 31 heavy (non-hydrogen) atoms. The smallest absolute Gasteiger partial charge is 0.321 e. The Morgan fingerprint density at radius 3 is 2.68 bits per heavy atom. The van der Waals surface area contributed by atoms with Crippen molar-refractivity contribution in [1.29, 1.82) is 0 Å². The van der Waals surface area contributed by atoms with Gasteiger partial charge in [0.15, 0.2) is 0 Å². The van der Waals surface area contributed by atoms with Gasteiger partial charge in [-0.25, -0.2) is 22.9 Å². The summed E-state index contributed by atoms with van der Waals surface area (Å²) >= 11 is 6.15. The van der Waals surface area contributed by atoms with Gasteiger partial charge in [-0.15, -0.1) is 0 Å². The number of nitrogens with zero attached hydrogens (tertiary/aromatic N) is 3. The monoisotopic (exact) mass is 467 g/mol. The Morgan fingerprint density at radius 1 is 1.19 bits per heavy atom. The number of hydrogen-bond donors (Lipinski definition) is 4. The van der Waals surface area contributed by atoms with Gasteiger partial charge >= 0.3 is 6.03 Å². The third kappa shape index (κ3) is 7.53. The van der Waals surface area contributed by atoms with Crippen LogP contribution in [-0.4, -0.2) is 61.8 Å². The maximum atomic E-state index is 12.3. The number of aromatic nitrogens is 2. The number of anilines is 4. The number of benzene rings is 1. The summed E-state index contributed by atoms with van der Waals surface area (Å²) in [5, 5.41) is 9.43. The summed E-state index contributed by atoms with van der Waals surface area (Å²) in [6.45, 7) is 2.36. The molecule has 0 spiro atoms. The second kappa shape index (κ2) is 10.6. The van der Waals surface area contributed by atoms with Crippen molar-refractivity contribution in [3.05, 3.63) is 35.5 Å². The highest BCUT2D eigenvalue weighted by Crippen LogP contribution is 2.23. The van der Waals surface area contributed by atoms with E-state index in [0.717, 1.165) is 32.2 Å². The van der Waals surface area contributed by atoms with E-state index in [1.54, 1.807) is 11.0 Å². The van der Waals surface area contributed by atoms with Crippen molar-refractivity contribution >= 4 is 50.8 Å². The Kier molecular flexibility index (Phi) is 7.88. The van der Waals surface area contributed by atoms with Crippen molar-refractivity contribution in [2.45, 2.75) is 19.3 Å². The van der Waals surface area contributed by atoms with Crippen molar-refractivity contribution in [2.75, 3.05) is 48.4 Å². The first kappa shape index (κ1) is 23.0. The molecule has 2 heterocycles. The maximum absolute atomic E-state index is 12.3. The molecule has 0 aliphatic carbocycles. The molecule has 1 aromatic carbocycles. The molecular formula is C19H26ClN7O3S. The molecule has 168 valence electrons. The molecule has 0 unspecified atom stereocenters. The fourth-order valence-corrected chi connectivity index (χ4v) is 3.70. The highest BCUT2D eigenvalue weighted by atomic mass is 35.5. The van der Waals surface area contributed by atoms with E-state index in [9.17, 15) is 13.2 Å². The summed E-state index contributed by atoms with van der Waals surface area (Å²) in [6, 6.07) is 7.18. The molecule has 1 saturated heterocycles. The molecule has 2 aromatic rings. The molecule has 4 N–H and O–H groups in total. The molecule has 2 amide bonds. The minimum Gasteiger partial charge on any atom is -0.369 e. The highest BCUT2D eigenvalue weighted by Gasteiger charge is 2.17. The lowest BCUT2D eigenvalue weighted by molar-refractivity contribution is 0.222. The molecule has 1 fully saturated rings. The number of sulfonamides is 1. The van der Waals surface area contributed by atoms with Crippen LogP contribution in [0.1, 0.15) is 19.3 Å². The predicted octanol–water partition coefficient (Wildman–Crippen LogP) is 2.85. The lowest BCUT2D eigenvalue weighted by atomic mass is 10.3. The molecule has 0 bridgehead atoms. The average Bonchev–Trinajstić information content (AvgIpc) is 3.24. The number of hydrogen-bond acceptors (Lipinski definition) is 7. The van der Waals surface area contributed by atoms with E-state index in [1.165, 1.54) is 6.20 Å². The zero-order chi connectivity index (χ0) is 22.3. The van der Waals surface area contributed by atoms with Gasteiger partial charge in [-0.1, -0.05) is 17.7 Å². The van der Waals surface area contributed by atoms with Crippen LogP contribution < -0.4 is 20.7 Å². The number of amides is 2. The molecule has 1 aliphatic heterocycles. The third-order valence-corrected chi connectivity index (χ3v) is 5.52. The summed E-state index contributed by atoms with van der Waals surface area (Å²) in [4.78, 5) is 22.6. The minimum atomic E-state index is -3.20. The van der Waals surface area contributed by atoms with E-state index < -0.39 is 10.0 Å². The van der Waals surface area contributed by atoms with Crippen LogP contribution in [0.15, 0.2) is 30.5 Å². The van der Waals surface area contributed by atoms with Gasteiger partial charge in [0.25, 0.3) is 0 Å². The van der Waals surface area contributed by atoms with E-state index in [-0.39, 0.29) is 6.03 Å². The van der Waals surface area contributed by atoms with E-state index in [2.05, 4.69) is 30.6 Å². The summed E-state index contributed by atoms with van der Waals surface area (Å²) in [6.07, 6.45) is 5.23. The Balaban J connectivity index is 1.57. The fourth-order valence-electron chi connectivity index (χ4n) is 3.03. The van der Waals surface area contributed by atoms with Crippen LogP contribution in [0.25, 0.3) is 0 Å². The molecule has 3 rings (SSSR count). The van der Waals surface area contributed by atoms with Gasteiger partial charge in [0.05, 0.1) is 12.5 Å². The van der Waals surface area contributed by atoms with Crippen LogP contribution in [-0.2, 0) is 10.0 Å². The molecule has 1 aromatic heterocycles. The summed E-state index contributed by atoms with van der Waals surface area (Å²) in [7, 11) is -3.20. The summed E-state index contributed by atoms with van der Waals surface area (Å²) in [5.41, 5.74) is 1.39. The lowest BCUT2D eigenvalue weighted by Crippen LogP contribution is -2.32. The van der Waals surface area contributed by atoms with Gasteiger partial charge in [0, 0.05) is 37.6 Å². The highest BCUT2D eigenvalue weighted by molar-refractivity contribution is 7.88. The SMILES string of the molecule is CS(=O)(=O)NCCCNc1nc(Nc2cccc(NC(=O)N3CCCC3)c2)ncc1Cl. The number of carbonyl (C=O) groups is 1.